The van der Waals surface area contributed by atoms with Crippen molar-refractivity contribution in [2.75, 3.05) is 19.7 Å². The van der Waals surface area contributed by atoms with E-state index in [4.69, 9.17) is 9.15 Å². The van der Waals surface area contributed by atoms with E-state index in [1.165, 1.54) is 5.56 Å². The van der Waals surface area contributed by atoms with Crippen LogP contribution in [0.15, 0.2) is 63.8 Å². The molecule has 1 fully saturated rings. The number of rotatable bonds is 5. The van der Waals surface area contributed by atoms with Gasteiger partial charge in [0.2, 0.25) is 5.91 Å². The Kier molecular flexibility index (Phi) is 6.19. The van der Waals surface area contributed by atoms with Crippen molar-refractivity contribution in [3.8, 4) is 0 Å². The number of piperidine rings is 1. The molecule has 182 valence electrons. The lowest BCUT2D eigenvalue weighted by molar-refractivity contribution is -0.123. The Morgan fingerprint density at radius 3 is 2.54 bits per heavy atom. The summed E-state index contributed by atoms with van der Waals surface area (Å²) in [7, 11) is 0. The van der Waals surface area contributed by atoms with Crippen LogP contribution in [0, 0.1) is 0 Å². The van der Waals surface area contributed by atoms with Crippen molar-refractivity contribution in [2.24, 2.45) is 0 Å². The van der Waals surface area contributed by atoms with Gasteiger partial charge in [0.1, 0.15) is 11.1 Å². The zero-order valence-electron chi connectivity index (χ0n) is 20.1. The Hall–Kier alpha value is -3.45. The van der Waals surface area contributed by atoms with E-state index in [1.807, 2.05) is 38.1 Å². The molecule has 35 heavy (non-hydrogen) atoms. The number of carbonyl (C=O) groups is 2. The largest absolute Gasteiger partial charge is 0.422 e. The van der Waals surface area contributed by atoms with Crippen molar-refractivity contribution in [1.29, 1.82) is 0 Å². The lowest BCUT2D eigenvalue weighted by Gasteiger charge is -2.44. The van der Waals surface area contributed by atoms with Gasteiger partial charge in [0.25, 0.3) is 5.91 Å². The zero-order valence-corrected chi connectivity index (χ0v) is 20.1. The molecule has 2 atom stereocenters. The Morgan fingerprint density at radius 2 is 1.80 bits per heavy atom. The number of likely N-dealkylation sites (tertiary alicyclic amines) is 1. The topological polar surface area (TPSA) is 88.8 Å². The molecule has 0 saturated carbocycles. The number of ether oxygens (including phenoxy) is 1. The normalized spacial score (nSPS) is 20.7. The number of carbonyl (C=O) groups excluding carboxylic acids is 2. The van der Waals surface area contributed by atoms with Gasteiger partial charge in [0.05, 0.1) is 12.1 Å². The number of nitrogens with zero attached hydrogens (tertiary/aromatic N) is 1. The second-order valence-electron chi connectivity index (χ2n) is 9.30. The van der Waals surface area contributed by atoms with Crippen molar-refractivity contribution < 1.29 is 18.7 Å². The fraction of sp³-hybridized carbons (Fsp3) is 0.393. The van der Waals surface area contributed by atoms with Crippen molar-refractivity contribution >= 4 is 22.8 Å². The van der Waals surface area contributed by atoms with Crippen molar-refractivity contribution in [3.05, 3.63) is 81.7 Å². The molecule has 5 rings (SSSR count). The van der Waals surface area contributed by atoms with Gasteiger partial charge < -0.3 is 19.4 Å². The summed E-state index contributed by atoms with van der Waals surface area (Å²) in [5.41, 5.74) is 1.85. The number of fused-ring (bicyclic) bond motifs is 3. The van der Waals surface area contributed by atoms with E-state index >= 15 is 0 Å². The molecule has 2 aromatic carbocycles. The zero-order chi connectivity index (χ0) is 24.6. The molecule has 2 heterocycles. The minimum atomic E-state index is -0.616. The summed E-state index contributed by atoms with van der Waals surface area (Å²) in [5.74, 6) is -0.323. The van der Waals surface area contributed by atoms with Gasteiger partial charge in [-0.25, -0.2) is 4.79 Å². The van der Waals surface area contributed by atoms with Gasteiger partial charge in [-0.05, 0) is 43.0 Å². The standard InChI is InChI=1S/C28H30N2O5/c1-3-23(31)29-24-19-10-6-7-11-21(19)28(25(24)34-4-2)13-15-30(16-14-28)26(32)20-17-18-9-5-8-12-22(18)35-27(20)33/h5-12,17,24-25H,3-4,13-16H2,1-2H3,(H,29,31)/t24-,25+/m0/s1. The molecule has 1 spiro atoms. The van der Waals surface area contributed by atoms with E-state index in [-0.39, 0.29) is 34.9 Å². The Morgan fingerprint density at radius 1 is 1.09 bits per heavy atom. The molecule has 1 aromatic heterocycles. The Bertz CT molecular complexity index is 1320. The van der Waals surface area contributed by atoms with Gasteiger partial charge in [-0.2, -0.15) is 0 Å². The molecule has 3 aromatic rings. The Labute approximate surface area is 204 Å². The predicted octanol–water partition coefficient (Wildman–Crippen LogP) is 3.95. The van der Waals surface area contributed by atoms with E-state index in [0.29, 0.717) is 44.5 Å². The van der Waals surface area contributed by atoms with Crippen LogP contribution >= 0.6 is 0 Å². The number of hydrogen-bond acceptors (Lipinski definition) is 5. The summed E-state index contributed by atoms with van der Waals surface area (Å²) in [6.45, 7) is 5.30. The maximum atomic E-state index is 13.3. The SMILES string of the molecule is CCO[C@@H]1[C@@H](NC(=O)CC)c2ccccc2C12CCN(C(=O)c1cc3ccccc3oc1=O)CC2. The third-order valence-corrected chi connectivity index (χ3v) is 7.48. The average molecular weight is 475 g/mol. The predicted molar refractivity (Wildman–Crippen MR) is 132 cm³/mol. The molecular formula is C28H30N2O5. The van der Waals surface area contributed by atoms with Gasteiger partial charge in [-0.3, -0.25) is 9.59 Å². The summed E-state index contributed by atoms with van der Waals surface area (Å²) in [5, 5.41) is 3.90. The monoisotopic (exact) mass is 474 g/mol. The first-order valence-corrected chi connectivity index (χ1v) is 12.3. The van der Waals surface area contributed by atoms with Crippen LogP contribution in [-0.2, 0) is 14.9 Å². The molecule has 2 aliphatic rings. The highest BCUT2D eigenvalue weighted by Crippen LogP contribution is 2.52. The van der Waals surface area contributed by atoms with Crippen molar-refractivity contribution in [3.63, 3.8) is 0 Å². The van der Waals surface area contributed by atoms with Gasteiger partial charge >= 0.3 is 5.63 Å². The highest BCUT2D eigenvalue weighted by molar-refractivity contribution is 5.96. The summed E-state index contributed by atoms with van der Waals surface area (Å²) < 4.78 is 11.7. The maximum Gasteiger partial charge on any atom is 0.349 e. The Balaban J connectivity index is 1.43. The minimum Gasteiger partial charge on any atom is -0.422 e. The minimum absolute atomic E-state index is 0.0119. The summed E-state index contributed by atoms with van der Waals surface area (Å²) in [6.07, 6.45) is 1.54. The highest BCUT2D eigenvalue weighted by Gasteiger charge is 2.54. The van der Waals surface area contributed by atoms with E-state index in [1.54, 1.807) is 23.1 Å². The van der Waals surface area contributed by atoms with E-state index in [2.05, 4.69) is 17.4 Å². The molecule has 1 aliphatic carbocycles. The fourth-order valence-electron chi connectivity index (χ4n) is 5.77. The van der Waals surface area contributed by atoms with Gasteiger partial charge in [0.15, 0.2) is 0 Å². The maximum absolute atomic E-state index is 13.3. The first-order chi connectivity index (χ1) is 17.0. The molecule has 0 unspecified atom stereocenters. The van der Waals surface area contributed by atoms with Gasteiger partial charge in [-0.15, -0.1) is 0 Å². The number of nitrogens with one attached hydrogen (secondary N) is 1. The average Bonchev–Trinajstić information content (AvgIpc) is 3.12. The molecule has 0 radical (unpaired) electrons. The number of amides is 2. The van der Waals surface area contributed by atoms with Crippen LogP contribution in [0.3, 0.4) is 0 Å². The molecule has 1 N–H and O–H groups in total. The lowest BCUT2D eigenvalue weighted by Crippen LogP contribution is -2.52. The second-order valence-corrected chi connectivity index (χ2v) is 9.30. The van der Waals surface area contributed by atoms with Gasteiger partial charge in [-0.1, -0.05) is 49.4 Å². The summed E-state index contributed by atoms with van der Waals surface area (Å²) >= 11 is 0. The van der Waals surface area contributed by atoms with Crippen LogP contribution in [0.2, 0.25) is 0 Å². The summed E-state index contributed by atoms with van der Waals surface area (Å²) in [6, 6.07) is 16.8. The lowest BCUT2D eigenvalue weighted by atomic mass is 9.71. The van der Waals surface area contributed by atoms with Crippen molar-refractivity contribution in [2.45, 2.75) is 50.7 Å². The van der Waals surface area contributed by atoms with Crippen LogP contribution < -0.4 is 10.9 Å². The van der Waals surface area contributed by atoms with E-state index < -0.39 is 5.63 Å². The van der Waals surface area contributed by atoms with Gasteiger partial charge in [0, 0.05) is 36.9 Å². The van der Waals surface area contributed by atoms with Crippen LogP contribution in [-0.4, -0.2) is 42.5 Å². The molecule has 7 nitrogen and oxygen atoms in total. The smallest absolute Gasteiger partial charge is 0.349 e. The molecule has 1 saturated heterocycles. The number of para-hydroxylation sites is 1. The van der Waals surface area contributed by atoms with Crippen LogP contribution in [0.25, 0.3) is 11.0 Å². The van der Waals surface area contributed by atoms with E-state index in [0.717, 1.165) is 10.9 Å². The third kappa shape index (κ3) is 3.93. The quantitative estimate of drug-likeness (QED) is 0.566. The highest BCUT2D eigenvalue weighted by atomic mass is 16.5. The fourth-order valence-corrected chi connectivity index (χ4v) is 5.77. The first kappa shape index (κ1) is 23.3. The molecular weight excluding hydrogens is 444 g/mol. The summed E-state index contributed by atoms with van der Waals surface area (Å²) in [4.78, 5) is 40.0. The van der Waals surface area contributed by atoms with Crippen LogP contribution in [0.1, 0.15) is 60.6 Å². The van der Waals surface area contributed by atoms with Crippen LogP contribution in [0.5, 0.6) is 0 Å². The molecule has 7 heteroatoms. The molecule has 0 bridgehead atoms. The number of hydrogen-bond donors (Lipinski definition) is 1. The third-order valence-electron chi connectivity index (χ3n) is 7.48. The second kappa shape index (κ2) is 9.30. The first-order valence-electron chi connectivity index (χ1n) is 12.3. The van der Waals surface area contributed by atoms with Crippen LogP contribution in [0.4, 0.5) is 0 Å². The molecule has 1 aliphatic heterocycles. The molecule has 2 amide bonds. The van der Waals surface area contributed by atoms with E-state index in [9.17, 15) is 14.4 Å². The number of benzene rings is 2. The van der Waals surface area contributed by atoms with Crippen molar-refractivity contribution in [1.82, 2.24) is 10.2 Å².